The van der Waals surface area contributed by atoms with E-state index in [0.717, 1.165) is 38.5 Å². The SMILES string of the molecule is COC(=O)N1C(COC2CCC(c3ccccc3)CC2)C(O)[C@H]2CC[C@H]21. The van der Waals surface area contributed by atoms with E-state index in [1.165, 1.54) is 12.7 Å². The van der Waals surface area contributed by atoms with E-state index in [1.807, 2.05) is 0 Å². The number of hydrogen-bond acceptors (Lipinski definition) is 4. The molecule has 1 saturated heterocycles. The van der Waals surface area contributed by atoms with Gasteiger partial charge < -0.3 is 14.6 Å². The van der Waals surface area contributed by atoms with E-state index in [9.17, 15) is 9.90 Å². The first-order valence-corrected chi connectivity index (χ1v) is 9.90. The number of amides is 1. The number of benzene rings is 1. The molecule has 4 rings (SSSR count). The highest BCUT2D eigenvalue weighted by Gasteiger charge is 2.55. The fraction of sp³-hybridized carbons (Fsp3) is 0.667. The summed E-state index contributed by atoms with van der Waals surface area (Å²) in [6.07, 6.45) is 5.67. The van der Waals surface area contributed by atoms with Crippen LogP contribution in [0.2, 0.25) is 0 Å². The van der Waals surface area contributed by atoms with Crippen molar-refractivity contribution in [3.63, 3.8) is 0 Å². The predicted octanol–water partition coefficient (Wildman–Crippen LogP) is 3.32. The van der Waals surface area contributed by atoms with Gasteiger partial charge in [-0.2, -0.15) is 0 Å². The van der Waals surface area contributed by atoms with E-state index < -0.39 is 6.10 Å². The van der Waals surface area contributed by atoms with Gasteiger partial charge in [-0.1, -0.05) is 30.3 Å². The topological polar surface area (TPSA) is 59.0 Å². The Kier molecular flexibility index (Phi) is 5.18. The van der Waals surface area contributed by atoms with E-state index >= 15 is 0 Å². The van der Waals surface area contributed by atoms with Crippen molar-refractivity contribution in [2.24, 2.45) is 5.92 Å². The number of aliphatic hydroxyl groups excluding tert-OH is 1. The first-order valence-electron chi connectivity index (χ1n) is 9.90. The van der Waals surface area contributed by atoms with Crippen LogP contribution in [0.4, 0.5) is 4.79 Å². The second-order valence-corrected chi connectivity index (χ2v) is 7.96. The lowest BCUT2D eigenvalue weighted by Crippen LogP contribution is -2.47. The Bertz CT molecular complexity index is 614. The lowest BCUT2D eigenvalue weighted by Gasteiger charge is -2.36. The Labute approximate surface area is 155 Å². The summed E-state index contributed by atoms with van der Waals surface area (Å²) in [4.78, 5) is 13.9. The largest absolute Gasteiger partial charge is 0.453 e. The van der Waals surface area contributed by atoms with Gasteiger partial charge in [0.15, 0.2) is 0 Å². The first-order chi connectivity index (χ1) is 12.7. The zero-order valence-electron chi connectivity index (χ0n) is 15.4. The normalized spacial score (nSPS) is 36.3. The Hall–Kier alpha value is -1.59. The molecule has 0 spiro atoms. The standard InChI is InChI=1S/C21H29NO4/c1-25-21(24)22-18-12-11-17(18)20(23)19(22)13-26-16-9-7-15(8-10-16)14-5-3-2-4-6-14/h2-6,15-20,23H,7-13H2,1H3/t15?,16?,17-,18+,19?,20?/m0/s1. The van der Waals surface area contributed by atoms with Crippen LogP contribution in [0.15, 0.2) is 30.3 Å². The molecule has 5 nitrogen and oxygen atoms in total. The van der Waals surface area contributed by atoms with Crippen LogP contribution in [0, 0.1) is 5.92 Å². The van der Waals surface area contributed by atoms with Gasteiger partial charge >= 0.3 is 6.09 Å². The first kappa shape index (κ1) is 17.8. The minimum atomic E-state index is -0.492. The number of carbonyl (C=O) groups excluding carboxylic acids is 1. The number of methoxy groups -OCH3 is 1. The summed E-state index contributed by atoms with van der Waals surface area (Å²) in [5, 5.41) is 10.6. The van der Waals surface area contributed by atoms with E-state index in [1.54, 1.807) is 4.90 Å². The molecular weight excluding hydrogens is 330 g/mol. The maximum Gasteiger partial charge on any atom is 0.410 e. The Morgan fingerprint density at radius 2 is 1.85 bits per heavy atom. The monoisotopic (exact) mass is 359 g/mol. The van der Waals surface area contributed by atoms with Crippen molar-refractivity contribution in [3.8, 4) is 0 Å². The summed E-state index contributed by atoms with van der Waals surface area (Å²) in [6, 6.07) is 10.6. The van der Waals surface area contributed by atoms with Crippen LogP contribution in [0.5, 0.6) is 0 Å². The fourth-order valence-corrected chi connectivity index (χ4v) is 5.03. The Morgan fingerprint density at radius 3 is 2.46 bits per heavy atom. The van der Waals surface area contributed by atoms with Crippen LogP contribution in [0.25, 0.3) is 0 Å². The predicted molar refractivity (Wildman–Crippen MR) is 97.9 cm³/mol. The summed E-state index contributed by atoms with van der Waals surface area (Å²) in [6.45, 7) is 0.407. The highest BCUT2D eigenvalue weighted by molar-refractivity contribution is 5.69. The highest BCUT2D eigenvalue weighted by Crippen LogP contribution is 2.44. The third-order valence-corrected chi connectivity index (χ3v) is 6.67. The molecule has 3 fully saturated rings. The molecule has 0 bridgehead atoms. The number of aliphatic hydroxyl groups is 1. The number of nitrogens with zero attached hydrogens (tertiary/aromatic N) is 1. The lowest BCUT2D eigenvalue weighted by atomic mass is 9.78. The number of rotatable bonds is 4. The molecule has 1 amide bonds. The van der Waals surface area contributed by atoms with E-state index in [0.29, 0.717) is 12.5 Å². The fourth-order valence-electron chi connectivity index (χ4n) is 5.03. The molecule has 1 N–H and O–H groups in total. The van der Waals surface area contributed by atoms with Crippen molar-refractivity contribution < 1.29 is 19.4 Å². The van der Waals surface area contributed by atoms with Gasteiger partial charge in [-0.25, -0.2) is 4.79 Å². The molecule has 142 valence electrons. The average molecular weight is 359 g/mol. The smallest absolute Gasteiger partial charge is 0.410 e. The maximum absolute atomic E-state index is 12.1. The van der Waals surface area contributed by atoms with Crippen molar-refractivity contribution in [2.45, 2.75) is 68.7 Å². The van der Waals surface area contributed by atoms with Gasteiger partial charge in [0.25, 0.3) is 0 Å². The molecule has 3 aliphatic rings. The number of hydrogen-bond donors (Lipinski definition) is 1. The van der Waals surface area contributed by atoms with Crippen LogP contribution in [0.3, 0.4) is 0 Å². The van der Waals surface area contributed by atoms with Crippen LogP contribution in [0.1, 0.15) is 50.0 Å². The van der Waals surface area contributed by atoms with Gasteiger partial charge in [0.05, 0.1) is 32.0 Å². The summed E-state index contributed by atoms with van der Waals surface area (Å²) in [5.74, 6) is 0.812. The minimum absolute atomic E-state index is 0.125. The van der Waals surface area contributed by atoms with Gasteiger partial charge in [-0.15, -0.1) is 0 Å². The average Bonchev–Trinajstić information content (AvgIpc) is 2.85. The highest BCUT2D eigenvalue weighted by atomic mass is 16.5. The van der Waals surface area contributed by atoms with E-state index in [-0.39, 0.29) is 30.2 Å². The summed E-state index contributed by atoms with van der Waals surface area (Å²) >= 11 is 0. The van der Waals surface area contributed by atoms with Crippen molar-refractivity contribution in [1.29, 1.82) is 0 Å². The molecule has 2 aliphatic carbocycles. The van der Waals surface area contributed by atoms with Crippen molar-refractivity contribution in [2.75, 3.05) is 13.7 Å². The summed E-state index contributed by atoms with van der Waals surface area (Å²) in [7, 11) is 1.41. The molecule has 4 atom stereocenters. The molecule has 2 saturated carbocycles. The van der Waals surface area contributed by atoms with Crippen molar-refractivity contribution in [1.82, 2.24) is 4.90 Å². The number of carbonyl (C=O) groups is 1. The van der Waals surface area contributed by atoms with Crippen LogP contribution >= 0.6 is 0 Å². The molecule has 26 heavy (non-hydrogen) atoms. The van der Waals surface area contributed by atoms with Crippen LogP contribution < -0.4 is 0 Å². The molecule has 1 aromatic carbocycles. The van der Waals surface area contributed by atoms with Gasteiger partial charge in [0.1, 0.15) is 0 Å². The molecule has 5 heteroatoms. The van der Waals surface area contributed by atoms with Gasteiger partial charge in [-0.05, 0) is 50.0 Å². The molecule has 0 radical (unpaired) electrons. The number of likely N-dealkylation sites (tertiary alicyclic amines) is 1. The third-order valence-electron chi connectivity index (χ3n) is 6.67. The zero-order valence-corrected chi connectivity index (χ0v) is 15.4. The Morgan fingerprint density at radius 1 is 1.12 bits per heavy atom. The van der Waals surface area contributed by atoms with Crippen molar-refractivity contribution in [3.05, 3.63) is 35.9 Å². The summed E-state index contributed by atoms with van der Waals surface area (Å²) < 4.78 is 11.1. The van der Waals surface area contributed by atoms with Gasteiger partial charge in [0.2, 0.25) is 0 Å². The molecule has 1 aromatic rings. The van der Waals surface area contributed by atoms with Crippen LogP contribution in [-0.2, 0) is 9.47 Å². The minimum Gasteiger partial charge on any atom is -0.453 e. The second kappa shape index (κ2) is 7.57. The van der Waals surface area contributed by atoms with E-state index in [2.05, 4.69) is 30.3 Å². The maximum atomic E-state index is 12.1. The molecule has 0 aromatic heterocycles. The summed E-state index contributed by atoms with van der Waals surface area (Å²) in [5.41, 5.74) is 1.42. The molecule has 1 heterocycles. The second-order valence-electron chi connectivity index (χ2n) is 7.96. The van der Waals surface area contributed by atoms with E-state index in [4.69, 9.17) is 9.47 Å². The Balaban J connectivity index is 1.31. The quantitative estimate of drug-likeness (QED) is 0.896. The van der Waals surface area contributed by atoms with Gasteiger partial charge in [-0.3, -0.25) is 4.90 Å². The molecule has 2 unspecified atom stereocenters. The van der Waals surface area contributed by atoms with Crippen LogP contribution in [-0.4, -0.2) is 54.1 Å². The zero-order chi connectivity index (χ0) is 18.1. The number of fused-ring (bicyclic) bond motifs is 1. The molecular formula is C21H29NO4. The molecule has 1 aliphatic heterocycles. The van der Waals surface area contributed by atoms with Gasteiger partial charge in [0, 0.05) is 12.0 Å². The number of ether oxygens (including phenoxy) is 2. The third kappa shape index (κ3) is 3.23. The lowest BCUT2D eigenvalue weighted by molar-refractivity contribution is -0.0258. The van der Waals surface area contributed by atoms with Crippen molar-refractivity contribution >= 4 is 6.09 Å².